The standard InChI is InChI=1S/C25H41N3O3.HI/c1-3-26-24(27-13-6-14-31-19-22-9-15-29-16-10-22)28-20-25(11-17-30-18-12-25)23-8-5-4-7-21(23)2;/h4-5,7-8,22H,3,6,9-20H2,1-2H3,(H2,26,27,28);1H. The van der Waals surface area contributed by atoms with Crippen molar-refractivity contribution in [3.05, 3.63) is 35.4 Å². The van der Waals surface area contributed by atoms with E-state index >= 15 is 0 Å². The molecule has 2 N–H and O–H groups in total. The third kappa shape index (κ3) is 8.47. The van der Waals surface area contributed by atoms with Crippen molar-refractivity contribution in [2.75, 3.05) is 59.3 Å². The second kappa shape index (κ2) is 15.1. The van der Waals surface area contributed by atoms with Crippen LogP contribution in [0.3, 0.4) is 0 Å². The fourth-order valence-electron chi connectivity index (χ4n) is 4.56. The molecule has 32 heavy (non-hydrogen) atoms. The molecule has 0 spiro atoms. The molecular weight excluding hydrogens is 517 g/mol. The number of hydrogen-bond acceptors (Lipinski definition) is 4. The molecule has 0 atom stereocenters. The molecule has 0 aliphatic carbocycles. The largest absolute Gasteiger partial charge is 0.381 e. The zero-order chi connectivity index (χ0) is 21.8. The topological polar surface area (TPSA) is 64.1 Å². The second-order valence-corrected chi connectivity index (χ2v) is 8.81. The molecule has 0 aromatic heterocycles. The van der Waals surface area contributed by atoms with Crippen LogP contribution in [0.5, 0.6) is 0 Å². The van der Waals surface area contributed by atoms with Gasteiger partial charge in [0.1, 0.15) is 0 Å². The van der Waals surface area contributed by atoms with Gasteiger partial charge in [-0.05, 0) is 63.0 Å². The minimum atomic E-state index is 0. The number of rotatable bonds is 10. The summed E-state index contributed by atoms with van der Waals surface area (Å²) >= 11 is 0. The number of aliphatic imine (C=N–C) groups is 1. The van der Waals surface area contributed by atoms with Crippen LogP contribution < -0.4 is 10.6 Å². The van der Waals surface area contributed by atoms with Crippen LogP contribution in [0.4, 0.5) is 0 Å². The molecular formula is C25H42IN3O3. The Morgan fingerprint density at radius 1 is 1.09 bits per heavy atom. The van der Waals surface area contributed by atoms with E-state index in [4.69, 9.17) is 19.2 Å². The van der Waals surface area contributed by atoms with Crippen LogP contribution in [0.2, 0.25) is 0 Å². The van der Waals surface area contributed by atoms with E-state index in [1.165, 1.54) is 11.1 Å². The van der Waals surface area contributed by atoms with Crippen molar-refractivity contribution in [1.82, 2.24) is 10.6 Å². The van der Waals surface area contributed by atoms with Crippen LogP contribution in [-0.4, -0.2) is 65.2 Å². The van der Waals surface area contributed by atoms with E-state index < -0.39 is 0 Å². The lowest BCUT2D eigenvalue weighted by Crippen LogP contribution is -2.42. The molecule has 0 unspecified atom stereocenters. The van der Waals surface area contributed by atoms with Crippen LogP contribution in [0, 0.1) is 12.8 Å². The third-order valence-electron chi connectivity index (χ3n) is 6.50. The lowest BCUT2D eigenvalue weighted by molar-refractivity contribution is 0.0203. The normalized spacial score (nSPS) is 19.2. The predicted octanol–water partition coefficient (Wildman–Crippen LogP) is 4.05. The average molecular weight is 560 g/mol. The van der Waals surface area contributed by atoms with Gasteiger partial charge >= 0.3 is 0 Å². The van der Waals surface area contributed by atoms with Gasteiger partial charge in [-0.15, -0.1) is 24.0 Å². The highest BCUT2D eigenvalue weighted by atomic mass is 127. The van der Waals surface area contributed by atoms with Crippen molar-refractivity contribution in [3.63, 3.8) is 0 Å². The van der Waals surface area contributed by atoms with Gasteiger partial charge in [-0.25, -0.2) is 0 Å². The van der Waals surface area contributed by atoms with Crippen LogP contribution in [0.15, 0.2) is 29.3 Å². The predicted molar refractivity (Wildman–Crippen MR) is 141 cm³/mol. The smallest absolute Gasteiger partial charge is 0.191 e. The summed E-state index contributed by atoms with van der Waals surface area (Å²) in [6.07, 6.45) is 5.26. The van der Waals surface area contributed by atoms with Crippen LogP contribution in [0.1, 0.15) is 50.2 Å². The van der Waals surface area contributed by atoms with Gasteiger partial charge < -0.3 is 24.8 Å². The van der Waals surface area contributed by atoms with E-state index in [9.17, 15) is 0 Å². The number of nitrogens with zero attached hydrogens (tertiary/aromatic N) is 1. The van der Waals surface area contributed by atoms with Crippen LogP contribution in [0.25, 0.3) is 0 Å². The molecule has 7 heteroatoms. The summed E-state index contributed by atoms with van der Waals surface area (Å²) in [5, 5.41) is 6.89. The lowest BCUT2D eigenvalue weighted by Gasteiger charge is -2.37. The number of hydrogen-bond donors (Lipinski definition) is 2. The molecule has 2 fully saturated rings. The molecule has 0 bridgehead atoms. The zero-order valence-electron chi connectivity index (χ0n) is 19.9. The Bertz CT molecular complexity index is 674. The van der Waals surface area contributed by atoms with E-state index in [-0.39, 0.29) is 29.4 Å². The van der Waals surface area contributed by atoms with E-state index in [1.807, 2.05) is 0 Å². The minimum Gasteiger partial charge on any atom is -0.381 e. The average Bonchev–Trinajstić information content (AvgIpc) is 2.81. The number of guanidine groups is 1. The Balaban J connectivity index is 0.00000363. The summed E-state index contributed by atoms with van der Waals surface area (Å²) in [5.74, 6) is 1.56. The van der Waals surface area contributed by atoms with Gasteiger partial charge in [-0.2, -0.15) is 0 Å². The van der Waals surface area contributed by atoms with E-state index in [2.05, 4.69) is 48.7 Å². The first kappa shape index (κ1) is 27.3. The van der Waals surface area contributed by atoms with Crippen molar-refractivity contribution in [2.45, 2.75) is 51.4 Å². The maximum absolute atomic E-state index is 5.89. The van der Waals surface area contributed by atoms with Gasteiger partial charge in [-0.1, -0.05) is 24.3 Å². The van der Waals surface area contributed by atoms with Crippen LogP contribution >= 0.6 is 24.0 Å². The van der Waals surface area contributed by atoms with E-state index in [0.717, 1.165) is 97.3 Å². The fraction of sp³-hybridized carbons (Fsp3) is 0.720. The monoisotopic (exact) mass is 559 g/mol. The molecule has 0 amide bonds. The number of ether oxygens (including phenoxy) is 3. The van der Waals surface area contributed by atoms with E-state index in [1.54, 1.807) is 0 Å². The van der Waals surface area contributed by atoms with E-state index in [0.29, 0.717) is 5.92 Å². The molecule has 6 nitrogen and oxygen atoms in total. The number of benzene rings is 1. The summed E-state index contributed by atoms with van der Waals surface area (Å²) < 4.78 is 17.0. The lowest BCUT2D eigenvalue weighted by atomic mass is 9.72. The first-order valence-electron chi connectivity index (χ1n) is 12.0. The van der Waals surface area contributed by atoms with Crippen LogP contribution in [-0.2, 0) is 19.6 Å². The summed E-state index contributed by atoms with van der Waals surface area (Å²) in [4.78, 5) is 5.00. The Kier molecular flexibility index (Phi) is 12.9. The molecule has 1 aromatic rings. The molecule has 2 aliphatic rings. The highest BCUT2D eigenvalue weighted by Crippen LogP contribution is 2.37. The fourth-order valence-corrected chi connectivity index (χ4v) is 4.56. The Labute approximate surface area is 211 Å². The van der Waals surface area contributed by atoms with Crippen molar-refractivity contribution < 1.29 is 14.2 Å². The summed E-state index contributed by atoms with van der Waals surface area (Å²) in [5.41, 5.74) is 2.82. The van der Waals surface area contributed by atoms with Gasteiger partial charge in [0, 0.05) is 58.1 Å². The Hall–Kier alpha value is -0.900. The maximum Gasteiger partial charge on any atom is 0.191 e. The minimum absolute atomic E-state index is 0. The molecule has 0 saturated carbocycles. The molecule has 0 radical (unpaired) electrons. The Morgan fingerprint density at radius 3 is 2.53 bits per heavy atom. The van der Waals surface area contributed by atoms with Crippen molar-refractivity contribution >= 4 is 29.9 Å². The molecule has 2 aliphatic heterocycles. The second-order valence-electron chi connectivity index (χ2n) is 8.81. The first-order chi connectivity index (χ1) is 15.2. The number of nitrogens with one attached hydrogen (secondary N) is 2. The SMILES string of the molecule is CCNC(=NCC1(c2ccccc2C)CCOCC1)NCCCOCC1CCOCC1.I. The summed E-state index contributed by atoms with van der Waals surface area (Å²) in [6.45, 7) is 11.8. The first-order valence-corrected chi connectivity index (χ1v) is 12.0. The summed E-state index contributed by atoms with van der Waals surface area (Å²) in [6, 6.07) is 8.74. The van der Waals surface area contributed by atoms with Crippen molar-refractivity contribution in [3.8, 4) is 0 Å². The molecule has 2 heterocycles. The molecule has 3 rings (SSSR count). The van der Waals surface area contributed by atoms with Gasteiger partial charge in [0.15, 0.2) is 5.96 Å². The van der Waals surface area contributed by atoms with Gasteiger partial charge in [0.05, 0.1) is 6.54 Å². The zero-order valence-corrected chi connectivity index (χ0v) is 22.2. The quantitative estimate of drug-likeness (QED) is 0.196. The maximum atomic E-state index is 5.89. The highest BCUT2D eigenvalue weighted by Gasteiger charge is 2.35. The van der Waals surface area contributed by atoms with Gasteiger partial charge in [0.2, 0.25) is 0 Å². The van der Waals surface area contributed by atoms with Crippen molar-refractivity contribution in [1.29, 1.82) is 0 Å². The summed E-state index contributed by atoms with van der Waals surface area (Å²) in [7, 11) is 0. The highest BCUT2D eigenvalue weighted by molar-refractivity contribution is 14.0. The van der Waals surface area contributed by atoms with Crippen molar-refractivity contribution in [2.24, 2.45) is 10.9 Å². The Morgan fingerprint density at radius 2 is 1.81 bits per heavy atom. The third-order valence-corrected chi connectivity index (χ3v) is 6.50. The van der Waals surface area contributed by atoms with Gasteiger partial charge in [-0.3, -0.25) is 4.99 Å². The number of aryl methyl sites for hydroxylation is 1. The number of halogens is 1. The molecule has 1 aromatic carbocycles. The van der Waals surface area contributed by atoms with Gasteiger partial charge in [0.25, 0.3) is 0 Å². The molecule has 182 valence electrons. The molecule has 2 saturated heterocycles.